The highest BCUT2D eigenvalue weighted by Crippen LogP contribution is 2.54. The van der Waals surface area contributed by atoms with Crippen LogP contribution in [0.3, 0.4) is 0 Å². The van der Waals surface area contributed by atoms with Gasteiger partial charge in [0.25, 0.3) is 5.91 Å². The minimum Gasteiger partial charge on any atom is -0.508 e. The van der Waals surface area contributed by atoms with Crippen LogP contribution in [0.1, 0.15) is 49.3 Å². The lowest BCUT2D eigenvalue weighted by Crippen LogP contribution is -2.65. The van der Waals surface area contributed by atoms with Gasteiger partial charge in [0, 0.05) is 31.3 Å². The molecule has 4 unspecified atom stereocenters. The van der Waals surface area contributed by atoms with Crippen molar-refractivity contribution in [3.05, 3.63) is 39.7 Å². The minimum absolute atomic E-state index is 0.0671. The number of nitrogens with two attached hydrogens (primary N) is 1. The molecular weight excluding hydrogens is 490 g/mol. The number of carbonyl (C=O) groups is 3. The zero-order chi connectivity index (χ0) is 28.3. The molecule has 0 bridgehead atoms. The molecule has 1 aromatic rings. The number of aryl methyl sites for hydroxylation is 1. The van der Waals surface area contributed by atoms with E-state index in [1.165, 1.54) is 4.90 Å². The molecule has 3 aliphatic carbocycles. The molecule has 38 heavy (non-hydrogen) atoms. The number of likely N-dealkylation sites (N-methyl/N-ethyl adjacent to an activating group) is 1. The Bertz CT molecular complexity index is 1280. The fourth-order valence-electron chi connectivity index (χ4n) is 6.50. The van der Waals surface area contributed by atoms with Crippen molar-refractivity contribution in [2.45, 2.75) is 57.1 Å². The number of phenols is 1. The summed E-state index contributed by atoms with van der Waals surface area (Å²) in [5, 5.41) is 45.4. The number of aliphatic hydroxyl groups excluding tert-OH is 2. The molecule has 1 amide bonds. The molecule has 0 aromatic heterocycles. The van der Waals surface area contributed by atoms with Crippen molar-refractivity contribution in [2.75, 3.05) is 33.1 Å². The zero-order valence-electron chi connectivity index (χ0n) is 22.5. The van der Waals surface area contributed by atoms with Crippen molar-refractivity contribution in [1.82, 2.24) is 4.90 Å². The van der Waals surface area contributed by atoms with Gasteiger partial charge in [0.15, 0.2) is 11.4 Å². The number of Topliss-reactive ketones (excluding diaryl/α,β-unsaturated/α-hetero) is 2. The molecule has 6 N–H and O–H groups in total. The third-order valence-corrected chi connectivity index (χ3v) is 8.31. The normalized spacial score (nSPS) is 26.9. The Morgan fingerprint density at radius 1 is 1.13 bits per heavy atom. The Hall–Kier alpha value is -3.37. The van der Waals surface area contributed by atoms with Gasteiger partial charge in [-0.15, -0.1) is 0 Å². The number of phenolic OH excluding ortho intramolecular Hbond substituents is 1. The van der Waals surface area contributed by atoms with Gasteiger partial charge in [-0.3, -0.25) is 19.3 Å². The summed E-state index contributed by atoms with van der Waals surface area (Å²) < 4.78 is 0. The van der Waals surface area contributed by atoms with E-state index in [0.717, 1.165) is 24.9 Å². The predicted octanol–water partition coefficient (Wildman–Crippen LogP) is 1.76. The van der Waals surface area contributed by atoms with E-state index in [4.69, 9.17) is 5.73 Å². The molecule has 3 aliphatic rings. The van der Waals surface area contributed by atoms with E-state index in [-0.39, 0.29) is 29.7 Å². The molecule has 1 aromatic carbocycles. The minimum atomic E-state index is -2.64. The van der Waals surface area contributed by atoms with Crippen LogP contribution >= 0.6 is 0 Å². The van der Waals surface area contributed by atoms with E-state index in [1.807, 2.05) is 25.1 Å². The molecule has 0 saturated heterocycles. The van der Waals surface area contributed by atoms with Gasteiger partial charge in [0.05, 0.1) is 11.6 Å². The standard InChI is InChI=1S/C28H37N3O7/c1-6-7-8-9-13-12-17(30(2)3)15-10-14-11-16-21(31(4)5)24(34)20(27(29)37)26(36)28(16,38)25(35)18(14)23(33)19(15)22(13)32/h12,14,16,21,32-33,36,38H,6-11H2,1-5H3,(H2,29,37). The molecule has 4 atom stereocenters. The molecule has 0 heterocycles. The molecule has 1 fully saturated rings. The molecule has 0 aliphatic heterocycles. The van der Waals surface area contributed by atoms with E-state index in [0.29, 0.717) is 17.5 Å². The number of aromatic hydroxyl groups is 1. The van der Waals surface area contributed by atoms with Gasteiger partial charge in [-0.2, -0.15) is 0 Å². The van der Waals surface area contributed by atoms with E-state index >= 15 is 0 Å². The number of nitrogens with zero attached hydrogens (tertiary/aromatic N) is 2. The number of ketones is 2. The Balaban J connectivity index is 1.95. The van der Waals surface area contributed by atoms with Crippen LogP contribution in [0.25, 0.3) is 5.76 Å². The average Bonchev–Trinajstić information content (AvgIpc) is 2.82. The highest BCUT2D eigenvalue weighted by molar-refractivity contribution is 6.24. The Morgan fingerprint density at radius 2 is 1.79 bits per heavy atom. The topological polar surface area (TPSA) is 165 Å². The highest BCUT2D eigenvalue weighted by atomic mass is 16.3. The first-order valence-corrected chi connectivity index (χ1v) is 13.0. The van der Waals surface area contributed by atoms with Gasteiger partial charge < -0.3 is 31.1 Å². The Labute approximate surface area is 222 Å². The molecule has 1 saturated carbocycles. The predicted molar refractivity (Wildman–Crippen MR) is 142 cm³/mol. The third kappa shape index (κ3) is 3.89. The summed E-state index contributed by atoms with van der Waals surface area (Å²) in [7, 11) is 6.88. The first kappa shape index (κ1) is 27.7. The molecule has 0 spiro atoms. The molecule has 10 nitrogen and oxygen atoms in total. The highest BCUT2D eigenvalue weighted by Gasteiger charge is 2.64. The zero-order valence-corrected chi connectivity index (χ0v) is 22.5. The van der Waals surface area contributed by atoms with Crippen molar-refractivity contribution < 1.29 is 34.8 Å². The lowest BCUT2D eigenvalue weighted by atomic mass is 9.57. The maximum Gasteiger partial charge on any atom is 0.255 e. The van der Waals surface area contributed by atoms with Gasteiger partial charge in [0.2, 0.25) is 5.78 Å². The summed E-state index contributed by atoms with van der Waals surface area (Å²) in [4.78, 5) is 42.7. The number of primary amides is 1. The fraction of sp³-hybridized carbons (Fsp3) is 0.536. The van der Waals surface area contributed by atoms with Crippen LogP contribution in [0.5, 0.6) is 5.75 Å². The van der Waals surface area contributed by atoms with Crippen molar-refractivity contribution in [3.63, 3.8) is 0 Å². The van der Waals surface area contributed by atoms with Crippen molar-refractivity contribution in [2.24, 2.45) is 17.6 Å². The fourth-order valence-corrected chi connectivity index (χ4v) is 6.50. The van der Waals surface area contributed by atoms with Gasteiger partial charge in [-0.1, -0.05) is 19.8 Å². The summed E-state index contributed by atoms with van der Waals surface area (Å²) in [6, 6.07) is 0.805. The van der Waals surface area contributed by atoms with Gasteiger partial charge in [0.1, 0.15) is 22.8 Å². The van der Waals surface area contributed by atoms with Crippen LogP contribution in [-0.4, -0.2) is 82.6 Å². The largest absolute Gasteiger partial charge is 0.508 e. The Kier molecular flexibility index (Phi) is 7.09. The summed E-state index contributed by atoms with van der Waals surface area (Å²) in [5.41, 5.74) is 4.02. The number of carbonyl (C=O) groups excluding carboxylic acids is 3. The number of benzene rings is 1. The van der Waals surface area contributed by atoms with Crippen LogP contribution in [0.4, 0.5) is 5.69 Å². The van der Waals surface area contributed by atoms with Gasteiger partial charge in [-0.25, -0.2) is 0 Å². The SMILES string of the molecule is CCCCCc1cc(N(C)C)c2c(c1O)C(O)=C1C(=O)C3(O)C(O)=C(C(N)=O)C(=O)C(N(C)C)C3CC1C2. The first-order valence-electron chi connectivity index (χ1n) is 13.0. The molecule has 0 radical (unpaired) electrons. The second-order valence-corrected chi connectivity index (χ2v) is 11.1. The number of aliphatic hydroxyl groups is 3. The van der Waals surface area contributed by atoms with Crippen LogP contribution in [0.15, 0.2) is 23.0 Å². The number of fused-ring (bicyclic) bond motifs is 3. The number of hydrogen-bond acceptors (Lipinski definition) is 9. The summed E-state index contributed by atoms with van der Waals surface area (Å²) in [6.45, 7) is 2.08. The van der Waals surface area contributed by atoms with E-state index in [1.54, 1.807) is 14.1 Å². The molecule has 206 valence electrons. The van der Waals surface area contributed by atoms with E-state index in [2.05, 4.69) is 6.92 Å². The Morgan fingerprint density at radius 3 is 2.34 bits per heavy atom. The lowest BCUT2D eigenvalue weighted by molar-refractivity contribution is -0.153. The van der Waals surface area contributed by atoms with Crippen LogP contribution in [0.2, 0.25) is 0 Å². The number of unbranched alkanes of at least 4 members (excludes halogenated alkanes) is 2. The average molecular weight is 528 g/mol. The van der Waals surface area contributed by atoms with Crippen molar-refractivity contribution in [3.8, 4) is 5.75 Å². The maximum atomic E-state index is 14.0. The lowest BCUT2D eigenvalue weighted by Gasteiger charge is -2.50. The van der Waals surface area contributed by atoms with Crippen molar-refractivity contribution in [1.29, 1.82) is 0 Å². The molecule has 10 heteroatoms. The summed E-state index contributed by atoms with van der Waals surface area (Å²) in [5.74, 6) is -6.36. The number of rotatable bonds is 7. The summed E-state index contributed by atoms with van der Waals surface area (Å²) in [6.07, 6.45) is 3.72. The molecular formula is C28H37N3O7. The number of hydrogen-bond donors (Lipinski definition) is 5. The van der Waals surface area contributed by atoms with Gasteiger partial charge in [-0.05, 0) is 62.9 Å². The third-order valence-electron chi connectivity index (χ3n) is 8.31. The monoisotopic (exact) mass is 527 g/mol. The number of anilines is 1. The maximum absolute atomic E-state index is 14.0. The van der Waals surface area contributed by atoms with E-state index < -0.39 is 58.0 Å². The summed E-state index contributed by atoms with van der Waals surface area (Å²) >= 11 is 0. The van der Waals surface area contributed by atoms with Crippen LogP contribution in [-0.2, 0) is 27.2 Å². The second kappa shape index (κ2) is 9.74. The van der Waals surface area contributed by atoms with Crippen LogP contribution < -0.4 is 10.6 Å². The van der Waals surface area contributed by atoms with Gasteiger partial charge >= 0.3 is 0 Å². The smallest absolute Gasteiger partial charge is 0.255 e. The van der Waals surface area contributed by atoms with E-state index in [9.17, 15) is 34.8 Å². The first-order chi connectivity index (χ1) is 17.8. The quantitative estimate of drug-likeness (QED) is 0.262. The van der Waals surface area contributed by atoms with Crippen molar-refractivity contribution >= 4 is 28.9 Å². The number of amides is 1. The molecule has 4 rings (SSSR count). The van der Waals surface area contributed by atoms with Crippen LogP contribution in [0, 0.1) is 11.8 Å². The second-order valence-electron chi connectivity index (χ2n) is 11.1.